The quantitative estimate of drug-likeness (QED) is 0.748. The Bertz CT molecular complexity index is 575. The third-order valence-corrected chi connectivity index (χ3v) is 3.15. The number of fused-ring (bicyclic) bond motifs is 1. The van der Waals surface area contributed by atoms with Crippen LogP contribution in [0.4, 0.5) is 0 Å². The molecule has 1 N–H and O–H groups in total. The Balaban J connectivity index is 2.87. The fourth-order valence-electron chi connectivity index (χ4n) is 1.50. The summed E-state index contributed by atoms with van der Waals surface area (Å²) in [7, 11) is 1.56. The van der Waals surface area contributed by atoms with Crippen molar-refractivity contribution < 1.29 is 5.11 Å². The Morgan fingerprint density at radius 2 is 2.07 bits per heavy atom. The first-order chi connectivity index (χ1) is 7.13. The molecule has 2 rings (SSSR count). The molecule has 78 valence electrons. The van der Waals surface area contributed by atoms with Crippen LogP contribution in [0.1, 0.15) is 0 Å². The summed E-state index contributed by atoms with van der Waals surface area (Å²) < 4.78 is 1.24. The van der Waals surface area contributed by atoms with Crippen LogP contribution in [0.3, 0.4) is 0 Å². The fourth-order valence-corrected chi connectivity index (χ4v) is 1.94. The molecular formula is C11H11NO2S. The van der Waals surface area contributed by atoms with Crippen LogP contribution in [0, 0.1) is 0 Å². The molecule has 0 aliphatic rings. The minimum absolute atomic E-state index is 0.0217. The van der Waals surface area contributed by atoms with E-state index in [2.05, 4.69) is 0 Å². The zero-order valence-corrected chi connectivity index (χ0v) is 9.34. The lowest BCUT2D eigenvalue weighted by Gasteiger charge is -2.06. The molecule has 0 spiro atoms. The average molecular weight is 221 g/mol. The van der Waals surface area contributed by atoms with E-state index in [1.807, 2.05) is 24.5 Å². The number of aromatic nitrogens is 1. The standard InChI is InChI=1S/C11H11NO2S/c1-12-10(13)5-7-3-4-8(15-2)6-9(7)11(12)14/h3-6,14H,1-2H3. The zero-order chi connectivity index (χ0) is 11.0. The van der Waals surface area contributed by atoms with Gasteiger partial charge in [0.1, 0.15) is 0 Å². The molecule has 1 aromatic carbocycles. The summed E-state index contributed by atoms with van der Waals surface area (Å²) in [6, 6.07) is 7.20. The topological polar surface area (TPSA) is 42.2 Å². The number of hydrogen-bond acceptors (Lipinski definition) is 3. The second-order valence-electron chi connectivity index (χ2n) is 3.32. The first-order valence-electron chi connectivity index (χ1n) is 4.50. The van der Waals surface area contributed by atoms with Crippen molar-refractivity contribution in [2.24, 2.45) is 7.05 Å². The van der Waals surface area contributed by atoms with Crippen LogP contribution in [0.15, 0.2) is 34.0 Å². The maximum Gasteiger partial charge on any atom is 0.253 e. The number of benzene rings is 1. The molecule has 2 aromatic rings. The van der Waals surface area contributed by atoms with Crippen molar-refractivity contribution in [3.8, 4) is 5.88 Å². The SMILES string of the molecule is CSc1ccc2cc(=O)n(C)c(O)c2c1. The average Bonchev–Trinajstić information content (AvgIpc) is 2.26. The smallest absolute Gasteiger partial charge is 0.253 e. The predicted octanol–water partition coefficient (Wildman–Crippen LogP) is 1.97. The normalized spacial score (nSPS) is 10.8. The van der Waals surface area contributed by atoms with Crippen LogP contribution >= 0.6 is 11.8 Å². The molecular weight excluding hydrogens is 210 g/mol. The minimum Gasteiger partial charge on any atom is -0.494 e. The van der Waals surface area contributed by atoms with Crippen LogP contribution in [0.25, 0.3) is 10.8 Å². The van der Waals surface area contributed by atoms with E-state index in [-0.39, 0.29) is 11.4 Å². The van der Waals surface area contributed by atoms with Gasteiger partial charge in [0.25, 0.3) is 5.56 Å². The van der Waals surface area contributed by atoms with E-state index in [4.69, 9.17) is 0 Å². The van der Waals surface area contributed by atoms with Crippen molar-refractivity contribution in [2.45, 2.75) is 4.90 Å². The Morgan fingerprint density at radius 1 is 1.33 bits per heavy atom. The molecule has 0 saturated heterocycles. The molecule has 0 fully saturated rings. The molecule has 0 aliphatic carbocycles. The van der Waals surface area contributed by atoms with Crippen LogP contribution < -0.4 is 5.56 Å². The molecule has 0 radical (unpaired) electrons. The number of pyridine rings is 1. The summed E-state index contributed by atoms with van der Waals surface area (Å²) in [5.41, 5.74) is -0.197. The molecule has 0 unspecified atom stereocenters. The summed E-state index contributed by atoms with van der Waals surface area (Å²) >= 11 is 1.60. The predicted molar refractivity (Wildman–Crippen MR) is 62.6 cm³/mol. The van der Waals surface area contributed by atoms with E-state index in [1.54, 1.807) is 18.8 Å². The monoisotopic (exact) mass is 221 g/mol. The van der Waals surface area contributed by atoms with Crippen molar-refractivity contribution >= 4 is 22.5 Å². The minimum atomic E-state index is -0.197. The molecule has 0 aliphatic heterocycles. The lowest BCUT2D eigenvalue weighted by Crippen LogP contribution is -2.14. The van der Waals surface area contributed by atoms with Crippen LogP contribution in [0.2, 0.25) is 0 Å². The molecule has 3 nitrogen and oxygen atoms in total. The lowest BCUT2D eigenvalue weighted by atomic mass is 10.2. The number of rotatable bonds is 1. The molecule has 0 saturated carbocycles. The van der Waals surface area contributed by atoms with Crippen LogP contribution in [-0.4, -0.2) is 15.9 Å². The van der Waals surface area contributed by atoms with Gasteiger partial charge in [0.2, 0.25) is 5.88 Å². The van der Waals surface area contributed by atoms with Gasteiger partial charge >= 0.3 is 0 Å². The molecule has 4 heteroatoms. The third kappa shape index (κ3) is 1.61. The van der Waals surface area contributed by atoms with E-state index >= 15 is 0 Å². The van der Waals surface area contributed by atoms with E-state index < -0.39 is 0 Å². The van der Waals surface area contributed by atoms with Crippen molar-refractivity contribution in [2.75, 3.05) is 6.26 Å². The Kier molecular flexibility index (Phi) is 2.44. The molecule has 15 heavy (non-hydrogen) atoms. The van der Waals surface area contributed by atoms with Gasteiger partial charge in [-0.25, -0.2) is 0 Å². The van der Waals surface area contributed by atoms with Gasteiger partial charge in [-0.15, -0.1) is 11.8 Å². The largest absolute Gasteiger partial charge is 0.494 e. The highest BCUT2D eigenvalue weighted by Crippen LogP contribution is 2.26. The number of aromatic hydroxyl groups is 1. The molecule has 0 bridgehead atoms. The lowest BCUT2D eigenvalue weighted by molar-refractivity contribution is 0.430. The second-order valence-corrected chi connectivity index (χ2v) is 4.20. The van der Waals surface area contributed by atoms with Gasteiger partial charge < -0.3 is 5.11 Å². The maximum absolute atomic E-state index is 11.4. The molecule has 0 amide bonds. The van der Waals surface area contributed by atoms with Gasteiger partial charge in [-0.05, 0) is 23.8 Å². The summed E-state index contributed by atoms with van der Waals surface area (Å²) in [6.07, 6.45) is 1.97. The Labute approximate surface area is 91.4 Å². The van der Waals surface area contributed by atoms with Gasteiger partial charge in [0.15, 0.2) is 0 Å². The van der Waals surface area contributed by atoms with Gasteiger partial charge in [0.05, 0.1) is 0 Å². The number of thioether (sulfide) groups is 1. The summed E-state index contributed by atoms with van der Waals surface area (Å²) in [4.78, 5) is 12.5. The van der Waals surface area contributed by atoms with Crippen LogP contribution in [-0.2, 0) is 7.05 Å². The summed E-state index contributed by atoms with van der Waals surface area (Å²) in [6.45, 7) is 0. The molecule has 1 aromatic heterocycles. The highest BCUT2D eigenvalue weighted by atomic mass is 32.2. The van der Waals surface area contributed by atoms with Gasteiger partial charge in [-0.3, -0.25) is 9.36 Å². The number of hydrogen-bond donors (Lipinski definition) is 1. The first kappa shape index (κ1) is 10.1. The van der Waals surface area contributed by atoms with E-state index in [1.165, 1.54) is 10.6 Å². The second kappa shape index (κ2) is 3.62. The zero-order valence-electron chi connectivity index (χ0n) is 8.52. The van der Waals surface area contributed by atoms with Crippen LogP contribution in [0.5, 0.6) is 5.88 Å². The Hall–Kier alpha value is -1.42. The van der Waals surface area contributed by atoms with Crippen molar-refractivity contribution in [3.05, 3.63) is 34.6 Å². The van der Waals surface area contributed by atoms with Crippen molar-refractivity contribution in [3.63, 3.8) is 0 Å². The maximum atomic E-state index is 11.4. The van der Waals surface area contributed by atoms with E-state index in [9.17, 15) is 9.90 Å². The Morgan fingerprint density at radius 3 is 2.73 bits per heavy atom. The van der Waals surface area contributed by atoms with Crippen molar-refractivity contribution in [1.82, 2.24) is 4.57 Å². The van der Waals surface area contributed by atoms with E-state index in [0.29, 0.717) is 5.39 Å². The third-order valence-electron chi connectivity index (χ3n) is 2.43. The fraction of sp³-hybridized carbons (Fsp3) is 0.182. The summed E-state index contributed by atoms with van der Waals surface area (Å²) in [5, 5.41) is 11.3. The van der Waals surface area contributed by atoms with Gasteiger partial charge in [0, 0.05) is 23.4 Å². The van der Waals surface area contributed by atoms with E-state index in [0.717, 1.165) is 10.3 Å². The first-order valence-corrected chi connectivity index (χ1v) is 5.72. The molecule has 0 atom stereocenters. The van der Waals surface area contributed by atoms with Gasteiger partial charge in [-0.1, -0.05) is 6.07 Å². The highest BCUT2D eigenvalue weighted by Gasteiger charge is 2.06. The van der Waals surface area contributed by atoms with Crippen molar-refractivity contribution in [1.29, 1.82) is 0 Å². The number of nitrogens with zero attached hydrogens (tertiary/aromatic N) is 1. The van der Waals surface area contributed by atoms with Gasteiger partial charge in [-0.2, -0.15) is 0 Å². The summed E-state index contributed by atoms with van der Waals surface area (Å²) in [5.74, 6) is 0.0217. The highest BCUT2D eigenvalue weighted by molar-refractivity contribution is 7.98. The molecule has 1 heterocycles.